The maximum atomic E-state index is 5.49. The Kier molecular flexibility index (Phi) is 2.55. The topological polar surface area (TPSA) is 69.6 Å². The minimum atomic E-state index is 0.592. The monoisotopic (exact) mass is 209 g/mol. The predicted octanol–water partition coefficient (Wildman–Crippen LogP) is 0.533. The molecule has 0 aliphatic rings. The molecule has 0 saturated heterocycles. The van der Waals surface area contributed by atoms with Crippen LogP contribution in [-0.4, -0.2) is 26.3 Å². The second kappa shape index (κ2) is 3.85. The van der Waals surface area contributed by atoms with Crippen molar-refractivity contribution in [1.82, 2.24) is 19.7 Å². The fourth-order valence-corrected chi connectivity index (χ4v) is 1.90. The Balaban J connectivity index is 2.36. The van der Waals surface area contributed by atoms with Gasteiger partial charge in [-0.2, -0.15) is 0 Å². The highest BCUT2D eigenvalue weighted by atomic mass is 32.1. The lowest BCUT2D eigenvalue weighted by atomic mass is 10.4. The van der Waals surface area contributed by atoms with Crippen LogP contribution in [0.4, 0.5) is 0 Å². The Morgan fingerprint density at radius 3 is 3.00 bits per heavy atom. The first-order valence-corrected chi connectivity index (χ1v) is 5.15. The summed E-state index contributed by atoms with van der Waals surface area (Å²) in [6, 6.07) is 0. The summed E-state index contributed by atoms with van der Waals surface area (Å²) in [4.78, 5) is 4.21. The van der Waals surface area contributed by atoms with Gasteiger partial charge in [0.25, 0.3) is 0 Å². The maximum absolute atomic E-state index is 5.49. The molecule has 0 saturated carbocycles. The summed E-state index contributed by atoms with van der Waals surface area (Å²) in [5.41, 5.74) is 5.49. The van der Waals surface area contributed by atoms with Crippen molar-refractivity contribution in [3.05, 3.63) is 23.2 Å². The second-order valence-corrected chi connectivity index (χ2v) is 4.02. The molecule has 2 N–H and O–H groups in total. The summed E-state index contributed by atoms with van der Waals surface area (Å²) < 4.78 is 1.93. The molecular weight excluding hydrogens is 198 g/mol. The lowest BCUT2D eigenvalue weighted by molar-refractivity contribution is 0.823. The van der Waals surface area contributed by atoms with E-state index in [9.17, 15) is 0 Å². The zero-order chi connectivity index (χ0) is 9.97. The molecule has 74 valence electrons. The van der Waals surface area contributed by atoms with E-state index in [4.69, 9.17) is 5.73 Å². The van der Waals surface area contributed by atoms with Gasteiger partial charge in [-0.25, -0.2) is 4.98 Å². The van der Waals surface area contributed by atoms with Crippen LogP contribution in [0, 0.1) is 6.92 Å². The number of nitrogens with two attached hydrogens (primary N) is 1. The number of hydrogen-bond donors (Lipinski definition) is 1. The highest BCUT2D eigenvalue weighted by molar-refractivity contribution is 7.13. The van der Waals surface area contributed by atoms with Crippen LogP contribution in [-0.2, 0) is 6.42 Å². The molecule has 0 radical (unpaired) electrons. The number of nitrogens with zero attached hydrogens (tertiary/aromatic N) is 4. The van der Waals surface area contributed by atoms with E-state index < -0.39 is 0 Å². The molecule has 0 aliphatic carbocycles. The van der Waals surface area contributed by atoms with Crippen LogP contribution >= 0.6 is 11.3 Å². The molecule has 0 aliphatic heterocycles. The van der Waals surface area contributed by atoms with Crippen LogP contribution in [0.25, 0.3) is 5.13 Å². The van der Waals surface area contributed by atoms with Crippen molar-refractivity contribution in [2.45, 2.75) is 13.3 Å². The molecule has 2 aromatic rings. The Labute approximate surface area is 85.6 Å². The SMILES string of the molecule is Cc1nnc(-n2ccnc2CCN)s1. The smallest absolute Gasteiger partial charge is 0.217 e. The maximum Gasteiger partial charge on any atom is 0.217 e. The lowest BCUT2D eigenvalue weighted by Gasteiger charge is -2.00. The zero-order valence-electron chi connectivity index (χ0n) is 7.84. The highest BCUT2D eigenvalue weighted by Gasteiger charge is 2.07. The largest absolute Gasteiger partial charge is 0.330 e. The van der Waals surface area contributed by atoms with E-state index in [-0.39, 0.29) is 0 Å². The molecular formula is C8H11N5S. The number of imidazole rings is 1. The first-order valence-electron chi connectivity index (χ1n) is 4.34. The van der Waals surface area contributed by atoms with E-state index in [1.165, 1.54) is 0 Å². The van der Waals surface area contributed by atoms with E-state index >= 15 is 0 Å². The van der Waals surface area contributed by atoms with Crippen LogP contribution in [0.15, 0.2) is 12.4 Å². The Morgan fingerprint density at radius 2 is 2.36 bits per heavy atom. The van der Waals surface area contributed by atoms with Gasteiger partial charge in [0.2, 0.25) is 5.13 Å². The number of rotatable bonds is 3. The summed E-state index contributed by atoms with van der Waals surface area (Å²) in [5, 5.41) is 9.82. The van der Waals surface area contributed by atoms with E-state index in [1.54, 1.807) is 17.5 Å². The van der Waals surface area contributed by atoms with E-state index in [1.807, 2.05) is 17.7 Å². The average molecular weight is 209 g/mol. The second-order valence-electron chi connectivity index (χ2n) is 2.86. The van der Waals surface area contributed by atoms with Gasteiger partial charge >= 0.3 is 0 Å². The lowest BCUT2D eigenvalue weighted by Crippen LogP contribution is -2.08. The molecule has 0 atom stereocenters. The van der Waals surface area contributed by atoms with Gasteiger partial charge in [0.05, 0.1) is 0 Å². The Hall–Kier alpha value is -1.27. The normalized spacial score (nSPS) is 10.7. The molecule has 2 rings (SSSR count). The van der Waals surface area contributed by atoms with Crippen LogP contribution in [0.1, 0.15) is 10.8 Å². The van der Waals surface area contributed by atoms with Gasteiger partial charge in [0.15, 0.2) is 0 Å². The third kappa shape index (κ3) is 1.66. The van der Waals surface area contributed by atoms with Crippen molar-refractivity contribution in [3.8, 4) is 5.13 Å². The minimum Gasteiger partial charge on any atom is -0.330 e. The van der Waals surface area contributed by atoms with Gasteiger partial charge in [-0.05, 0) is 13.5 Å². The van der Waals surface area contributed by atoms with Gasteiger partial charge in [-0.15, -0.1) is 10.2 Å². The first-order chi connectivity index (χ1) is 6.81. The molecule has 2 heterocycles. The molecule has 5 nitrogen and oxygen atoms in total. The van der Waals surface area contributed by atoms with Crippen LogP contribution in [0.2, 0.25) is 0 Å². The molecule has 0 spiro atoms. The van der Waals surface area contributed by atoms with Gasteiger partial charge in [0.1, 0.15) is 10.8 Å². The van der Waals surface area contributed by atoms with E-state index in [0.29, 0.717) is 6.54 Å². The van der Waals surface area contributed by atoms with Gasteiger partial charge in [-0.3, -0.25) is 4.57 Å². The molecule has 0 bridgehead atoms. The number of hydrogen-bond acceptors (Lipinski definition) is 5. The highest BCUT2D eigenvalue weighted by Crippen LogP contribution is 2.15. The third-order valence-electron chi connectivity index (χ3n) is 1.81. The van der Waals surface area contributed by atoms with Crippen molar-refractivity contribution in [2.75, 3.05) is 6.54 Å². The molecule has 0 fully saturated rings. The summed E-state index contributed by atoms with van der Waals surface area (Å²) in [6.07, 6.45) is 4.39. The number of aromatic nitrogens is 4. The standard InChI is InChI=1S/C8H11N5S/c1-6-11-12-8(14-6)13-5-4-10-7(13)2-3-9/h4-5H,2-3,9H2,1H3. The molecule has 0 aromatic carbocycles. The average Bonchev–Trinajstić information content (AvgIpc) is 2.74. The molecule has 14 heavy (non-hydrogen) atoms. The third-order valence-corrected chi connectivity index (χ3v) is 2.64. The first kappa shape index (κ1) is 9.29. The van der Waals surface area contributed by atoms with Crippen molar-refractivity contribution in [1.29, 1.82) is 0 Å². The summed E-state index contributed by atoms with van der Waals surface area (Å²) in [6.45, 7) is 2.52. The Morgan fingerprint density at radius 1 is 1.50 bits per heavy atom. The minimum absolute atomic E-state index is 0.592. The van der Waals surface area contributed by atoms with E-state index in [0.717, 1.165) is 22.4 Å². The van der Waals surface area contributed by atoms with Crippen LogP contribution in [0.3, 0.4) is 0 Å². The van der Waals surface area contributed by atoms with Crippen molar-refractivity contribution in [2.24, 2.45) is 5.73 Å². The summed E-state index contributed by atoms with van der Waals surface area (Å²) in [7, 11) is 0. The molecule has 2 aromatic heterocycles. The predicted molar refractivity (Wildman–Crippen MR) is 54.5 cm³/mol. The fraction of sp³-hybridized carbons (Fsp3) is 0.375. The van der Waals surface area contributed by atoms with Gasteiger partial charge < -0.3 is 5.73 Å². The van der Waals surface area contributed by atoms with Crippen LogP contribution < -0.4 is 5.73 Å². The quantitative estimate of drug-likeness (QED) is 0.800. The summed E-state index contributed by atoms with van der Waals surface area (Å²) in [5.74, 6) is 0.934. The van der Waals surface area contributed by atoms with Gasteiger partial charge in [-0.1, -0.05) is 11.3 Å². The number of aryl methyl sites for hydroxylation is 1. The molecule has 0 amide bonds. The van der Waals surface area contributed by atoms with E-state index in [2.05, 4.69) is 15.2 Å². The Bertz CT molecular complexity index is 419. The van der Waals surface area contributed by atoms with Crippen molar-refractivity contribution < 1.29 is 0 Å². The van der Waals surface area contributed by atoms with Crippen molar-refractivity contribution >= 4 is 11.3 Å². The van der Waals surface area contributed by atoms with Crippen molar-refractivity contribution in [3.63, 3.8) is 0 Å². The molecule has 0 unspecified atom stereocenters. The molecule has 6 heteroatoms. The van der Waals surface area contributed by atoms with Gasteiger partial charge in [0, 0.05) is 18.8 Å². The fourth-order valence-electron chi connectivity index (χ4n) is 1.21. The van der Waals surface area contributed by atoms with Crippen LogP contribution in [0.5, 0.6) is 0 Å². The zero-order valence-corrected chi connectivity index (χ0v) is 8.66. The summed E-state index contributed by atoms with van der Waals surface area (Å²) >= 11 is 1.55.